The lowest BCUT2D eigenvalue weighted by Crippen LogP contribution is -2.06. The Morgan fingerprint density at radius 3 is 2.38 bits per heavy atom. The molecule has 0 radical (unpaired) electrons. The van der Waals surface area contributed by atoms with Crippen LogP contribution >= 0.6 is 23.2 Å². The highest BCUT2D eigenvalue weighted by Crippen LogP contribution is 2.31. The van der Waals surface area contributed by atoms with Gasteiger partial charge in [-0.25, -0.2) is 23.7 Å². The van der Waals surface area contributed by atoms with Crippen molar-refractivity contribution in [3.8, 4) is 11.7 Å². The minimum atomic E-state index is -2.89. The number of benzene rings is 1. The van der Waals surface area contributed by atoms with Gasteiger partial charge in [-0.05, 0) is 12.1 Å². The number of hydrogen-bond donors (Lipinski definition) is 1. The summed E-state index contributed by atoms with van der Waals surface area (Å²) in [6.07, 6.45) is -2.89. The molecule has 2 heterocycles. The number of aromatic hydroxyl groups is 1. The molecule has 9 heteroatoms. The summed E-state index contributed by atoms with van der Waals surface area (Å²) in [6.45, 7) is 0. The Morgan fingerprint density at radius 2 is 1.76 bits per heavy atom. The summed E-state index contributed by atoms with van der Waals surface area (Å²) in [6, 6.07) is 5.63. The third-order valence-corrected chi connectivity index (χ3v) is 3.12. The maximum Gasteiger partial charge on any atom is 0.296 e. The molecule has 0 aliphatic carbocycles. The Balaban J connectivity index is 2.39. The van der Waals surface area contributed by atoms with Crippen molar-refractivity contribution in [2.24, 2.45) is 0 Å². The van der Waals surface area contributed by atoms with E-state index >= 15 is 0 Å². The second-order valence-electron chi connectivity index (χ2n) is 4.06. The van der Waals surface area contributed by atoms with Crippen LogP contribution in [-0.4, -0.2) is 24.6 Å². The zero-order valence-corrected chi connectivity index (χ0v) is 11.6. The first-order chi connectivity index (χ1) is 9.97. The second-order valence-corrected chi connectivity index (χ2v) is 4.84. The molecule has 0 amide bonds. The summed E-state index contributed by atoms with van der Waals surface area (Å²) in [5, 5.41) is 9.75. The minimum absolute atomic E-state index is 0.00668. The van der Waals surface area contributed by atoms with Crippen LogP contribution < -0.4 is 0 Å². The van der Waals surface area contributed by atoms with E-state index in [2.05, 4.69) is 15.0 Å². The molecule has 0 unspecified atom stereocenters. The molecule has 3 aromatic rings. The molecule has 3 rings (SSSR count). The van der Waals surface area contributed by atoms with Crippen molar-refractivity contribution in [1.82, 2.24) is 19.5 Å². The molecule has 5 nitrogen and oxygen atoms in total. The molecule has 1 aromatic carbocycles. The van der Waals surface area contributed by atoms with E-state index < -0.39 is 12.2 Å². The maximum atomic E-state index is 13.2. The van der Waals surface area contributed by atoms with E-state index in [0.29, 0.717) is 0 Å². The van der Waals surface area contributed by atoms with Crippen LogP contribution in [0.5, 0.6) is 5.75 Å². The minimum Gasteiger partial charge on any atom is -0.506 e. The molecule has 2 aromatic heterocycles. The van der Waals surface area contributed by atoms with E-state index in [-0.39, 0.29) is 33.0 Å². The molecular weight excluding hydrogens is 325 g/mol. The quantitative estimate of drug-likeness (QED) is 0.726. The lowest BCUT2D eigenvalue weighted by Gasteiger charge is -2.07. The summed E-state index contributed by atoms with van der Waals surface area (Å²) in [7, 11) is 0. The van der Waals surface area contributed by atoms with E-state index in [0.717, 1.165) is 4.57 Å². The van der Waals surface area contributed by atoms with Crippen LogP contribution in [0.3, 0.4) is 0 Å². The summed E-state index contributed by atoms with van der Waals surface area (Å²) in [4.78, 5) is 11.5. The van der Waals surface area contributed by atoms with Gasteiger partial charge >= 0.3 is 0 Å². The predicted molar refractivity (Wildman–Crippen MR) is 73.3 cm³/mol. The molecule has 0 saturated heterocycles. The van der Waals surface area contributed by atoms with Gasteiger partial charge in [-0.1, -0.05) is 29.3 Å². The molecule has 1 N–H and O–H groups in total. The molecule has 0 aliphatic rings. The Hall–Kier alpha value is -1.99. The second kappa shape index (κ2) is 5.09. The van der Waals surface area contributed by atoms with Gasteiger partial charge in [0.05, 0.1) is 5.52 Å². The largest absolute Gasteiger partial charge is 0.506 e. The summed E-state index contributed by atoms with van der Waals surface area (Å²) in [5.74, 6) is -0.970. The van der Waals surface area contributed by atoms with Gasteiger partial charge in [-0.3, -0.25) is 4.57 Å². The molecule has 0 spiro atoms. The van der Waals surface area contributed by atoms with Crippen LogP contribution in [0.25, 0.3) is 17.0 Å². The van der Waals surface area contributed by atoms with Crippen molar-refractivity contribution in [1.29, 1.82) is 0 Å². The number of alkyl halides is 2. The zero-order chi connectivity index (χ0) is 15.1. The van der Waals surface area contributed by atoms with Crippen molar-refractivity contribution < 1.29 is 13.9 Å². The van der Waals surface area contributed by atoms with Gasteiger partial charge in [0.25, 0.3) is 6.43 Å². The highest BCUT2D eigenvalue weighted by Gasteiger charge is 2.23. The van der Waals surface area contributed by atoms with Crippen molar-refractivity contribution in [2.75, 3.05) is 0 Å². The fourth-order valence-electron chi connectivity index (χ4n) is 1.94. The van der Waals surface area contributed by atoms with Crippen LogP contribution in [0.15, 0.2) is 24.3 Å². The molecular formula is C12H6Cl2F2N4O. The molecule has 0 saturated carbocycles. The summed E-state index contributed by atoms with van der Waals surface area (Å²) in [5.41, 5.74) is 0.246. The van der Waals surface area contributed by atoms with Crippen LogP contribution in [-0.2, 0) is 0 Å². The van der Waals surface area contributed by atoms with Gasteiger partial charge in [-0.2, -0.15) is 0 Å². The van der Waals surface area contributed by atoms with Crippen LogP contribution in [0.4, 0.5) is 8.78 Å². The summed E-state index contributed by atoms with van der Waals surface area (Å²) >= 11 is 11.6. The molecule has 0 aliphatic heterocycles. The fourth-order valence-corrected chi connectivity index (χ4v) is 2.35. The normalized spacial score (nSPS) is 11.5. The average Bonchev–Trinajstić information content (AvgIpc) is 2.78. The SMILES string of the molecule is Oc1cccc2c1nc(C(F)F)n2-c1nc(Cl)cc(Cl)n1. The number of rotatable bonds is 2. The monoisotopic (exact) mass is 330 g/mol. The first kappa shape index (κ1) is 14.0. The van der Waals surface area contributed by atoms with Crippen molar-refractivity contribution in [3.05, 3.63) is 40.4 Å². The topological polar surface area (TPSA) is 63.8 Å². The lowest BCUT2D eigenvalue weighted by molar-refractivity contribution is 0.139. The number of fused-ring (bicyclic) bond motifs is 1. The molecule has 21 heavy (non-hydrogen) atoms. The zero-order valence-electron chi connectivity index (χ0n) is 10.1. The Bertz CT molecular complexity index is 817. The molecule has 108 valence electrons. The van der Waals surface area contributed by atoms with Gasteiger partial charge < -0.3 is 5.11 Å². The number of imidazole rings is 1. The predicted octanol–water partition coefficient (Wildman–Crippen LogP) is 3.77. The van der Waals surface area contributed by atoms with Crippen molar-refractivity contribution in [2.45, 2.75) is 6.43 Å². The third kappa shape index (κ3) is 2.38. The Kier molecular flexibility index (Phi) is 3.38. The summed E-state index contributed by atoms with van der Waals surface area (Å²) < 4.78 is 27.4. The van der Waals surface area contributed by atoms with Gasteiger partial charge in [-0.15, -0.1) is 0 Å². The first-order valence-corrected chi connectivity index (χ1v) is 6.42. The smallest absolute Gasteiger partial charge is 0.296 e. The number of phenolic OH excluding ortho intramolecular Hbond substituents is 1. The van der Waals surface area contributed by atoms with Crippen molar-refractivity contribution in [3.63, 3.8) is 0 Å². The Labute approximate surface area is 126 Å². The number of para-hydroxylation sites is 1. The van der Waals surface area contributed by atoms with Crippen molar-refractivity contribution >= 4 is 34.2 Å². The van der Waals surface area contributed by atoms with Crippen LogP contribution in [0, 0.1) is 0 Å². The van der Waals surface area contributed by atoms with Gasteiger partial charge in [0.1, 0.15) is 21.6 Å². The van der Waals surface area contributed by atoms with Gasteiger partial charge in [0.2, 0.25) is 5.95 Å². The lowest BCUT2D eigenvalue weighted by atomic mass is 10.3. The van der Waals surface area contributed by atoms with E-state index in [4.69, 9.17) is 23.2 Å². The van der Waals surface area contributed by atoms with E-state index in [1.54, 1.807) is 0 Å². The highest BCUT2D eigenvalue weighted by atomic mass is 35.5. The highest BCUT2D eigenvalue weighted by molar-refractivity contribution is 6.33. The molecule has 0 bridgehead atoms. The van der Waals surface area contributed by atoms with Crippen LogP contribution in [0.2, 0.25) is 10.3 Å². The molecule has 0 atom stereocenters. The van der Waals surface area contributed by atoms with Crippen LogP contribution in [0.1, 0.15) is 12.2 Å². The van der Waals surface area contributed by atoms with Gasteiger partial charge in [0, 0.05) is 6.07 Å². The number of halogens is 4. The standard InChI is InChI=1S/C12H6Cl2F2N4O/c13-7-4-8(14)18-12(17-7)20-5-2-1-3-6(21)9(5)19-11(20)10(15)16/h1-4,10,21H. The number of aromatic nitrogens is 4. The number of nitrogens with zero attached hydrogens (tertiary/aromatic N) is 4. The number of hydrogen-bond acceptors (Lipinski definition) is 4. The van der Waals surface area contributed by atoms with E-state index in [1.165, 1.54) is 24.3 Å². The number of phenols is 1. The van der Waals surface area contributed by atoms with Gasteiger partial charge in [0.15, 0.2) is 5.82 Å². The third-order valence-electron chi connectivity index (χ3n) is 2.74. The Morgan fingerprint density at radius 1 is 1.10 bits per heavy atom. The molecule has 0 fully saturated rings. The average molecular weight is 331 g/mol. The maximum absolute atomic E-state index is 13.2. The first-order valence-electron chi connectivity index (χ1n) is 5.66. The fraction of sp³-hybridized carbons (Fsp3) is 0.0833. The van der Waals surface area contributed by atoms with E-state index in [1.807, 2.05) is 0 Å². The van der Waals surface area contributed by atoms with E-state index in [9.17, 15) is 13.9 Å².